The first-order valence-corrected chi connectivity index (χ1v) is 20.8. The molecule has 1 fully saturated rings. The number of aliphatic hydroxyl groups is 2. The second-order valence-corrected chi connectivity index (χ2v) is 15.3. The van der Waals surface area contributed by atoms with Gasteiger partial charge in [0, 0.05) is 6.54 Å². The van der Waals surface area contributed by atoms with Gasteiger partial charge in [-0.3, -0.25) is 38.4 Å². The second kappa shape index (κ2) is 27.8. The van der Waals surface area contributed by atoms with Crippen molar-refractivity contribution in [1.82, 2.24) is 42.1 Å². The van der Waals surface area contributed by atoms with Gasteiger partial charge in [0.25, 0.3) is 0 Å². The first-order valence-electron chi connectivity index (χ1n) is 20.8. The third-order valence-electron chi connectivity index (χ3n) is 10.3. The average molecular weight is 872 g/mol. The summed E-state index contributed by atoms with van der Waals surface area (Å²) in [5.41, 5.74) is 17.0. The fraction of sp³-hybridized carbons (Fsp3) is 0.763. The van der Waals surface area contributed by atoms with Crippen LogP contribution in [0, 0.1) is 5.92 Å². The number of nitrogens with two attached hydrogens (primary N) is 3. The lowest BCUT2D eigenvalue weighted by molar-refractivity contribution is -0.143. The third-order valence-corrected chi connectivity index (χ3v) is 10.3. The van der Waals surface area contributed by atoms with Crippen LogP contribution in [0.4, 0.5) is 0 Å². The van der Waals surface area contributed by atoms with E-state index < -0.39 is 127 Å². The molecule has 0 aliphatic carbocycles. The number of hydrogen-bond acceptors (Lipinski definition) is 14. The Bertz CT molecular complexity index is 1500. The zero-order chi connectivity index (χ0) is 46.4. The Morgan fingerprint density at radius 2 is 1.08 bits per heavy atom. The summed E-state index contributed by atoms with van der Waals surface area (Å²) >= 11 is 0. The van der Waals surface area contributed by atoms with E-state index >= 15 is 0 Å². The van der Waals surface area contributed by atoms with Crippen LogP contribution in [0.25, 0.3) is 0 Å². The lowest BCUT2D eigenvalue weighted by Gasteiger charge is -2.29. The molecule has 8 amide bonds. The highest BCUT2D eigenvalue weighted by Gasteiger charge is 2.37. The molecule has 61 heavy (non-hydrogen) atoms. The zero-order valence-corrected chi connectivity index (χ0v) is 35.9. The summed E-state index contributed by atoms with van der Waals surface area (Å²) in [6.07, 6.45) is 3.17. The van der Waals surface area contributed by atoms with Crippen LogP contribution in [-0.4, -0.2) is 161 Å². The molecule has 0 saturated carbocycles. The lowest BCUT2D eigenvalue weighted by atomic mass is 9.97. The summed E-state index contributed by atoms with van der Waals surface area (Å²) in [4.78, 5) is 118. The minimum Gasteiger partial charge on any atom is -0.480 e. The summed E-state index contributed by atoms with van der Waals surface area (Å²) < 4.78 is 0. The van der Waals surface area contributed by atoms with Gasteiger partial charge in [-0.1, -0.05) is 20.3 Å². The Kier molecular flexibility index (Phi) is 24.6. The molecule has 10 atom stereocenters. The van der Waals surface area contributed by atoms with E-state index in [0.717, 1.165) is 0 Å². The van der Waals surface area contributed by atoms with Gasteiger partial charge >= 0.3 is 5.97 Å². The van der Waals surface area contributed by atoms with Crippen molar-refractivity contribution in [1.29, 1.82) is 0 Å². The van der Waals surface area contributed by atoms with Crippen LogP contribution in [0.15, 0.2) is 0 Å². The monoisotopic (exact) mass is 872 g/mol. The number of aliphatic carboxylic acids is 1. The summed E-state index contributed by atoms with van der Waals surface area (Å²) in [6, 6.07) is -11.1. The van der Waals surface area contributed by atoms with Gasteiger partial charge < -0.3 is 74.6 Å². The van der Waals surface area contributed by atoms with Crippen LogP contribution in [-0.2, 0) is 43.2 Å². The molecule has 0 unspecified atom stereocenters. The first kappa shape index (κ1) is 54.0. The van der Waals surface area contributed by atoms with Crippen molar-refractivity contribution in [2.45, 2.75) is 147 Å². The fourth-order valence-corrected chi connectivity index (χ4v) is 6.31. The molecule has 23 heteroatoms. The van der Waals surface area contributed by atoms with E-state index in [0.29, 0.717) is 51.5 Å². The molecule has 1 rings (SSSR count). The third kappa shape index (κ3) is 17.9. The minimum absolute atomic E-state index is 0.0693. The highest BCUT2D eigenvalue weighted by Crippen LogP contribution is 2.18. The van der Waals surface area contributed by atoms with Gasteiger partial charge in [0.1, 0.15) is 48.3 Å². The van der Waals surface area contributed by atoms with Crippen LogP contribution in [0.3, 0.4) is 0 Å². The summed E-state index contributed by atoms with van der Waals surface area (Å²) in [5, 5.41) is 45.8. The number of aliphatic hydroxyl groups excluding tert-OH is 2. The van der Waals surface area contributed by atoms with E-state index in [9.17, 15) is 53.4 Å². The van der Waals surface area contributed by atoms with Crippen LogP contribution >= 0.6 is 0 Å². The quantitative estimate of drug-likeness (QED) is 0.0328. The Labute approximate surface area is 356 Å². The molecule has 1 aliphatic heterocycles. The van der Waals surface area contributed by atoms with Gasteiger partial charge in [0.05, 0.1) is 19.3 Å². The number of carbonyl (C=O) groups is 9. The zero-order valence-electron chi connectivity index (χ0n) is 35.9. The van der Waals surface area contributed by atoms with Crippen molar-refractivity contribution in [2.75, 3.05) is 32.8 Å². The molecule has 0 bridgehead atoms. The molecule has 348 valence electrons. The van der Waals surface area contributed by atoms with Crippen molar-refractivity contribution in [3.05, 3.63) is 0 Å². The number of carbonyl (C=O) groups excluding carboxylic acids is 8. The van der Waals surface area contributed by atoms with Crippen LogP contribution in [0.1, 0.15) is 92.4 Å². The highest BCUT2D eigenvalue weighted by atomic mass is 16.4. The van der Waals surface area contributed by atoms with Gasteiger partial charge in [-0.15, -0.1) is 0 Å². The fourth-order valence-electron chi connectivity index (χ4n) is 6.31. The molecule has 0 radical (unpaired) electrons. The maximum atomic E-state index is 13.8. The highest BCUT2D eigenvalue weighted by molar-refractivity contribution is 5.98. The number of rotatable bonds is 28. The molecular formula is C38H69N11O12. The maximum absolute atomic E-state index is 13.8. The van der Waals surface area contributed by atoms with E-state index in [1.807, 2.05) is 0 Å². The molecule has 0 spiro atoms. The molecule has 1 aliphatic rings. The van der Waals surface area contributed by atoms with E-state index in [1.165, 1.54) is 25.7 Å². The number of likely N-dealkylation sites (tertiary alicyclic amines) is 1. The molecule has 16 N–H and O–H groups in total. The van der Waals surface area contributed by atoms with Crippen molar-refractivity contribution in [2.24, 2.45) is 23.1 Å². The number of carboxylic acid groups (broad SMARTS) is 1. The Morgan fingerprint density at radius 3 is 1.56 bits per heavy atom. The number of amides is 8. The molecule has 1 heterocycles. The number of hydrogen-bond donors (Lipinski definition) is 13. The largest absolute Gasteiger partial charge is 0.480 e. The van der Waals surface area contributed by atoms with Crippen molar-refractivity contribution in [3.8, 4) is 0 Å². The van der Waals surface area contributed by atoms with E-state index in [-0.39, 0.29) is 25.9 Å². The molecular weight excluding hydrogens is 802 g/mol. The molecule has 23 nitrogen and oxygen atoms in total. The summed E-state index contributed by atoms with van der Waals surface area (Å²) in [6.45, 7) is 6.68. The van der Waals surface area contributed by atoms with Crippen molar-refractivity contribution >= 4 is 53.2 Å². The number of nitrogens with one attached hydrogen (secondary N) is 7. The molecule has 0 aromatic rings. The van der Waals surface area contributed by atoms with E-state index in [1.54, 1.807) is 13.8 Å². The Hall–Kier alpha value is -4.97. The smallest absolute Gasteiger partial charge is 0.328 e. The molecule has 0 aromatic carbocycles. The average Bonchev–Trinajstić information content (AvgIpc) is 3.72. The Morgan fingerprint density at radius 1 is 0.623 bits per heavy atom. The second-order valence-electron chi connectivity index (χ2n) is 15.3. The SMILES string of the molecule is CC[C@H](C)[C@H](NC(=O)[C@H](CO)NC(=O)[C@H](CCCCN)NC(=O)[C@@H](C)NC(=O)[C@@H]1CCCN1C(=O)[C@H](C)N)C(=O)N[C@@H](CCCCN)C(=O)N[C@@H](C)C(=O)N[C@@H](CO)C(=O)O. The predicted octanol–water partition coefficient (Wildman–Crippen LogP) is -4.87. The summed E-state index contributed by atoms with van der Waals surface area (Å²) in [5.74, 6) is -8.06. The number of unbranched alkanes of at least 4 members (excludes halogenated alkanes) is 2. The van der Waals surface area contributed by atoms with Gasteiger partial charge in [-0.05, 0) is 91.1 Å². The van der Waals surface area contributed by atoms with Crippen molar-refractivity contribution < 1.29 is 58.5 Å². The Balaban J connectivity index is 3.14. The first-order chi connectivity index (χ1) is 28.8. The minimum atomic E-state index is -1.61. The van der Waals surface area contributed by atoms with E-state index in [4.69, 9.17) is 22.3 Å². The van der Waals surface area contributed by atoms with Gasteiger partial charge in [-0.2, -0.15) is 0 Å². The topological polar surface area (TPSA) is 380 Å². The van der Waals surface area contributed by atoms with Crippen LogP contribution in [0.2, 0.25) is 0 Å². The van der Waals surface area contributed by atoms with Crippen LogP contribution < -0.4 is 54.4 Å². The van der Waals surface area contributed by atoms with Gasteiger partial charge in [-0.25, -0.2) is 4.79 Å². The normalized spacial score (nSPS) is 18.1. The standard InChI is InChI=1S/C38H69N11O12/c1-6-20(2)29(36(58)45-24(12-7-9-15-39)32(54)42-22(4)31(53)47-27(19-51)38(60)61)48-34(56)26(18-50)46-33(55)25(13-8-10-16-40)44-30(52)23(5)43-35(57)28-14-11-17-49(28)37(59)21(3)41/h20-29,50-51H,6-19,39-41H2,1-5H3,(H,42,54)(H,43,57)(H,44,52)(H,45,58)(H,46,55)(H,47,53)(H,48,56)(H,60,61)/t20-,21-,22-,23+,24-,25-,26-,27-,28-,29-/m0/s1. The van der Waals surface area contributed by atoms with Crippen molar-refractivity contribution in [3.63, 3.8) is 0 Å². The summed E-state index contributed by atoms with van der Waals surface area (Å²) in [7, 11) is 0. The van der Waals surface area contributed by atoms with Gasteiger partial charge in [0.15, 0.2) is 0 Å². The lowest BCUT2D eigenvalue weighted by Crippen LogP contribution is -2.61. The predicted molar refractivity (Wildman–Crippen MR) is 220 cm³/mol. The van der Waals surface area contributed by atoms with Gasteiger partial charge in [0.2, 0.25) is 47.3 Å². The van der Waals surface area contributed by atoms with E-state index in [2.05, 4.69) is 37.2 Å². The molecule has 0 aromatic heterocycles. The number of nitrogens with zero attached hydrogens (tertiary/aromatic N) is 1. The maximum Gasteiger partial charge on any atom is 0.328 e. The molecule has 1 saturated heterocycles. The number of carboxylic acids is 1. The van der Waals surface area contributed by atoms with Crippen LogP contribution in [0.5, 0.6) is 0 Å².